The van der Waals surface area contributed by atoms with Crippen LogP contribution in [-0.4, -0.2) is 12.9 Å². The van der Waals surface area contributed by atoms with Crippen molar-refractivity contribution in [2.45, 2.75) is 0 Å². The number of nitrogen functional groups attached to an aromatic ring is 1. The third-order valence-corrected chi connectivity index (χ3v) is 3.16. The van der Waals surface area contributed by atoms with Gasteiger partial charge >= 0.3 is 0 Å². The fraction of sp³-hybridized carbons (Fsp3) is 0.0714. The molecule has 2 rings (SSSR count). The molecule has 0 aliphatic rings. The zero-order chi connectivity index (χ0) is 14.0. The van der Waals surface area contributed by atoms with Crippen LogP contribution in [-0.2, 0) is 0 Å². The van der Waals surface area contributed by atoms with Crippen molar-refractivity contribution in [1.82, 2.24) is 0 Å². The number of ketones is 1. The molecule has 2 N–H and O–H groups in total. The topological polar surface area (TPSA) is 52.3 Å². The molecule has 98 valence electrons. The third-order valence-electron chi connectivity index (χ3n) is 2.66. The summed E-state index contributed by atoms with van der Waals surface area (Å²) in [6.45, 7) is 0. The number of hydrogen-bond donors (Lipinski definition) is 1. The quantitative estimate of drug-likeness (QED) is 0.695. The lowest BCUT2D eigenvalue weighted by Gasteiger charge is -2.09. The molecule has 0 bridgehead atoms. The van der Waals surface area contributed by atoms with Gasteiger partial charge in [-0.3, -0.25) is 4.79 Å². The number of carbonyl (C=O) groups is 1. The standard InChI is InChI=1S/C14H11BrFNO2/c1-19-13-5-3-9(15)7-10(13)14(18)8-2-4-11(16)12(17)6-8/h2-7H,17H2,1H3. The number of carbonyl (C=O) groups excluding carboxylic acids is 1. The number of rotatable bonds is 3. The molecular weight excluding hydrogens is 313 g/mol. The van der Waals surface area contributed by atoms with E-state index in [9.17, 15) is 9.18 Å². The van der Waals surface area contributed by atoms with Gasteiger partial charge in [0.15, 0.2) is 5.78 Å². The van der Waals surface area contributed by atoms with Crippen LogP contribution >= 0.6 is 15.9 Å². The first-order chi connectivity index (χ1) is 9.02. The molecule has 2 aromatic carbocycles. The van der Waals surface area contributed by atoms with Crippen LogP contribution < -0.4 is 10.5 Å². The van der Waals surface area contributed by atoms with Crippen molar-refractivity contribution in [2.75, 3.05) is 12.8 Å². The number of ether oxygens (including phenoxy) is 1. The summed E-state index contributed by atoms with van der Waals surface area (Å²) in [7, 11) is 1.49. The van der Waals surface area contributed by atoms with Gasteiger partial charge < -0.3 is 10.5 Å². The first kappa shape index (κ1) is 13.5. The van der Waals surface area contributed by atoms with Crippen LogP contribution in [0.3, 0.4) is 0 Å². The molecule has 0 saturated carbocycles. The van der Waals surface area contributed by atoms with Crippen LogP contribution in [0.15, 0.2) is 40.9 Å². The number of anilines is 1. The first-order valence-electron chi connectivity index (χ1n) is 5.46. The minimum atomic E-state index is -0.544. The largest absolute Gasteiger partial charge is 0.496 e. The number of methoxy groups -OCH3 is 1. The SMILES string of the molecule is COc1ccc(Br)cc1C(=O)c1ccc(F)c(N)c1. The highest BCUT2D eigenvalue weighted by Crippen LogP contribution is 2.26. The average Bonchev–Trinajstić information content (AvgIpc) is 2.41. The average molecular weight is 324 g/mol. The van der Waals surface area contributed by atoms with Gasteiger partial charge in [-0.25, -0.2) is 4.39 Å². The second-order valence-electron chi connectivity index (χ2n) is 3.91. The van der Waals surface area contributed by atoms with Crippen LogP contribution in [0.4, 0.5) is 10.1 Å². The fourth-order valence-corrected chi connectivity index (χ4v) is 2.06. The molecular formula is C14H11BrFNO2. The van der Waals surface area contributed by atoms with E-state index >= 15 is 0 Å². The van der Waals surface area contributed by atoms with Crippen molar-refractivity contribution < 1.29 is 13.9 Å². The van der Waals surface area contributed by atoms with E-state index in [1.807, 2.05) is 0 Å². The summed E-state index contributed by atoms with van der Waals surface area (Å²) >= 11 is 3.30. The van der Waals surface area contributed by atoms with Gasteiger partial charge in [0, 0.05) is 10.0 Å². The molecule has 0 atom stereocenters. The van der Waals surface area contributed by atoms with Gasteiger partial charge in [-0.05, 0) is 36.4 Å². The van der Waals surface area contributed by atoms with E-state index in [4.69, 9.17) is 10.5 Å². The van der Waals surface area contributed by atoms with Gasteiger partial charge in [-0.1, -0.05) is 15.9 Å². The molecule has 0 heterocycles. The zero-order valence-electron chi connectivity index (χ0n) is 10.1. The monoisotopic (exact) mass is 323 g/mol. The highest BCUT2D eigenvalue weighted by molar-refractivity contribution is 9.10. The maximum Gasteiger partial charge on any atom is 0.196 e. The first-order valence-corrected chi connectivity index (χ1v) is 6.25. The van der Waals surface area contributed by atoms with Crippen LogP contribution in [0.25, 0.3) is 0 Å². The molecule has 0 aliphatic carbocycles. The van der Waals surface area contributed by atoms with Crippen molar-refractivity contribution >= 4 is 27.4 Å². The smallest absolute Gasteiger partial charge is 0.196 e. The van der Waals surface area contributed by atoms with Crippen LogP contribution in [0, 0.1) is 5.82 Å². The van der Waals surface area contributed by atoms with E-state index in [2.05, 4.69) is 15.9 Å². The minimum Gasteiger partial charge on any atom is -0.496 e. The summed E-state index contributed by atoms with van der Waals surface area (Å²) in [4.78, 5) is 12.4. The lowest BCUT2D eigenvalue weighted by atomic mass is 10.0. The molecule has 2 aromatic rings. The van der Waals surface area contributed by atoms with Crippen LogP contribution in [0.5, 0.6) is 5.75 Å². The second kappa shape index (κ2) is 5.40. The Hall–Kier alpha value is -1.88. The Labute approximate surface area is 118 Å². The molecule has 3 nitrogen and oxygen atoms in total. The van der Waals surface area contributed by atoms with E-state index in [1.165, 1.54) is 25.3 Å². The maximum absolute atomic E-state index is 13.1. The predicted octanol–water partition coefficient (Wildman–Crippen LogP) is 3.41. The molecule has 0 radical (unpaired) electrons. The summed E-state index contributed by atoms with van der Waals surface area (Å²) in [6.07, 6.45) is 0. The van der Waals surface area contributed by atoms with Crippen LogP contribution in [0.2, 0.25) is 0 Å². The van der Waals surface area contributed by atoms with Gasteiger partial charge in [0.2, 0.25) is 0 Å². The van der Waals surface area contributed by atoms with Crippen LogP contribution in [0.1, 0.15) is 15.9 Å². The van der Waals surface area contributed by atoms with Gasteiger partial charge in [0.25, 0.3) is 0 Å². The molecule has 0 aromatic heterocycles. The van der Waals surface area contributed by atoms with Crippen molar-refractivity contribution in [3.05, 3.63) is 57.8 Å². The van der Waals surface area contributed by atoms with Crippen molar-refractivity contribution in [3.8, 4) is 5.75 Å². The molecule has 0 unspecified atom stereocenters. The number of halogens is 2. The molecule has 0 aliphatic heterocycles. The fourth-order valence-electron chi connectivity index (χ4n) is 1.70. The molecule has 0 spiro atoms. The Morgan fingerprint density at radius 3 is 2.63 bits per heavy atom. The van der Waals surface area contributed by atoms with E-state index in [0.717, 1.165) is 4.47 Å². The summed E-state index contributed by atoms with van der Waals surface area (Å²) in [5, 5.41) is 0. The van der Waals surface area contributed by atoms with Crippen molar-refractivity contribution in [1.29, 1.82) is 0 Å². The van der Waals surface area contributed by atoms with E-state index in [0.29, 0.717) is 16.9 Å². The Morgan fingerprint density at radius 1 is 1.26 bits per heavy atom. The summed E-state index contributed by atoms with van der Waals surface area (Å²) < 4.78 is 19.0. The summed E-state index contributed by atoms with van der Waals surface area (Å²) in [5.74, 6) is -0.362. The number of hydrogen-bond acceptors (Lipinski definition) is 3. The summed E-state index contributed by atoms with van der Waals surface area (Å²) in [5.41, 5.74) is 6.12. The Balaban J connectivity index is 2.49. The predicted molar refractivity (Wildman–Crippen MR) is 74.9 cm³/mol. The molecule has 5 heteroatoms. The van der Waals surface area contributed by atoms with Gasteiger partial charge in [0.1, 0.15) is 11.6 Å². The highest BCUT2D eigenvalue weighted by Gasteiger charge is 2.16. The maximum atomic E-state index is 13.1. The lowest BCUT2D eigenvalue weighted by molar-refractivity contribution is 0.103. The Kier molecular flexibility index (Phi) is 3.85. The summed E-state index contributed by atoms with van der Waals surface area (Å²) in [6, 6.07) is 9.00. The van der Waals surface area contributed by atoms with Gasteiger partial charge in [0.05, 0.1) is 18.4 Å². The third kappa shape index (κ3) is 2.76. The molecule has 19 heavy (non-hydrogen) atoms. The second-order valence-corrected chi connectivity index (χ2v) is 4.83. The van der Waals surface area contributed by atoms with Crippen molar-refractivity contribution in [2.24, 2.45) is 0 Å². The van der Waals surface area contributed by atoms with Gasteiger partial charge in [-0.15, -0.1) is 0 Å². The zero-order valence-corrected chi connectivity index (χ0v) is 11.7. The molecule has 0 fully saturated rings. The lowest BCUT2D eigenvalue weighted by Crippen LogP contribution is -2.05. The number of nitrogens with two attached hydrogens (primary N) is 1. The number of benzene rings is 2. The molecule has 0 saturated heterocycles. The van der Waals surface area contributed by atoms with E-state index in [-0.39, 0.29) is 11.5 Å². The Morgan fingerprint density at radius 2 is 2.00 bits per heavy atom. The minimum absolute atomic E-state index is 0.0557. The molecule has 0 amide bonds. The van der Waals surface area contributed by atoms with Gasteiger partial charge in [-0.2, -0.15) is 0 Å². The van der Waals surface area contributed by atoms with E-state index in [1.54, 1.807) is 18.2 Å². The Bertz CT molecular complexity index is 643. The normalized spacial score (nSPS) is 10.3. The van der Waals surface area contributed by atoms with E-state index < -0.39 is 5.82 Å². The highest BCUT2D eigenvalue weighted by atomic mass is 79.9. The van der Waals surface area contributed by atoms with Crippen molar-refractivity contribution in [3.63, 3.8) is 0 Å².